The molecule has 7 nitrogen and oxygen atoms in total. The van der Waals surface area contributed by atoms with Gasteiger partial charge in [-0.05, 0) is 30.3 Å². The predicted octanol–water partition coefficient (Wildman–Crippen LogP) is 1.20. The van der Waals surface area contributed by atoms with Gasteiger partial charge < -0.3 is 9.80 Å². The molecule has 2 N–H and O–H groups in total. The third kappa shape index (κ3) is 4.23. The van der Waals surface area contributed by atoms with Gasteiger partial charge in [0, 0.05) is 32.4 Å². The Hall–Kier alpha value is -2.17. The van der Waals surface area contributed by atoms with E-state index in [2.05, 4.69) is 0 Å². The van der Waals surface area contributed by atoms with E-state index in [1.165, 1.54) is 18.2 Å². The van der Waals surface area contributed by atoms with Gasteiger partial charge in [-0.3, -0.25) is 0 Å². The van der Waals surface area contributed by atoms with Crippen molar-refractivity contribution in [1.29, 1.82) is 0 Å². The topological polar surface area (TPSA) is 101 Å². The molecule has 0 unspecified atom stereocenters. The van der Waals surface area contributed by atoms with Crippen molar-refractivity contribution in [3.8, 4) is 0 Å². The fraction of sp³-hybridized carbons (Fsp3) is 0.294. The van der Waals surface area contributed by atoms with Crippen LogP contribution < -0.4 is 14.9 Å². The Labute approximate surface area is 158 Å². The van der Waals surface area contributed by atoms with Crippen molar-refractivity contribution in [1.82, 2.24) is 0 Å². The van der Waals surface area contributed by atoms with Crippen molar-refractivity contribution in [3.05, 3.63) is 48.3 Å². The number of hydrogen-bond acceptors (Lipinski definition) is 6. The molecule has 0 radical (unpaired) electrons. The summed E-state index contributed by atoms with van der Waals surface area (Å²) < 4.78 is 61.5. The molecule has 0 amide bonds. The van der Waals surface area contributed by atoms with Gasteiger partial charge in [-0.25, -0.2) is 26.4 Å². The number of piperazine rings is 1. The minimum atomic E-state index is -4.02. The van der Waals surface area contributed by atoms with E-state index in [-0.39, 0.29) is 15.6 Å². The molecule has 1 fully saturated rings. The van der Waals surface area contributed by atoms with Crippen molar-refractivity contribution < 1.29 is 21.2 Å². The molecule has 0 aromatic heterocycles. The second-order valence-electron chi connectivity index (χ2n) is 6.37. The first-order valence-corrected chi connectivity index (χ1v) is 11.6. The Balaban J connectivity index is 1.89. The Morgan fingerprint density at radius 1 is 0.889 bits per heavy atom. The van der Waals surface area contributed by atoms with Gasteiger partial charge in [0.05, 0.1) is 21.2 Å². The molecule has 0 bridgehead atoms. The second-order valence-corrected chi connectivity index (χ2v) is 9.92. The van der Waals surface area contributed by atoms with E-state index in [4.69, 9.17) is 5.14 Å². The first-order chi connectivity index (χ1) is 12.6. The van der Waals surface area contributed by atoms with E-state index in [9.17, 15) is 21.2 Å². The zero-order valence-corrected chi connectivity index (χ0v) is 16.3. The van der Waals surface area contributed by atoms with Crippen LogP contribution in [0.4, 0.5) is 15.8 Å². The van der Waals surface area contributed by atoms with Crippen molar-refractivity contribution in [2.45, 2.75) is 9.79 Å². The van der Waals surface area contributed by atoms with Gasteiger partial charge in [0.15, 0.2) is 9.84 Å². The van der Waals surface area contributed by atoms with Crippen LogP contribution in [-0.4, -0.2) is 49.3 Å². The SMILES string of the molecule is CS(=O)(=O)c1cc(S(N)(=O)=O)ccc1N1CCN(c2ccccc2F)CC1. The third-order valence-electron chi connectivity index (χ3n) is 4.47. The van der Waals surface area contributed by atoms with E-state index in [0.717, 1.165) is 12.3 Å². The maximum atomic E-state index is 14.0. The van der Waals surface area contributed by atoms with Crippen LogP contribution in [-0.2, 0) is 19.9 Å². The minimum Gasteiger partial charge on any atom is -0.367 e. The lowest BCUT2D eigenvalue weighted by Gasteiger charge is -2.38. The van der Waals surface area contributed by atoms with Crippen molar-refractivity contribution in [2.24, 2.45) is 5.14 Å². The van der Waals surface area contributed by atoms with Crippen LogP contribution in [0.15, 0.2) is 52.3 Å². The number of sulfone groups is 1. The van der Waals surface area contributed by atoms with E-state index in [0.29, 0.717) is 37.6 Å². The highest BCUT2D eigenvalue weighted by atomic mass is 32.2. The molecule has 0 aliphatic carbocycles. The molecule has 3 rings (SSSR count). The van der Waals surface area contributed by atoms with Crippen molar-refractivity contribution in [2.75, 3.05) is 42.2 Å². The summed E-state index contributed by atoms with van der Waals surface area (Å²) in [5.74, 6) is -0.305. The number of nitrogens with two attached hydrogens (primary N) is 1. The Morgan fingerprint density at radius 2 is 1.44 bits per heavy atom. The first-order valence-electron chi connectivity index (χ1n) is 8.19. The summed E-state index contributed by atoms with van der Waals surface area (Å²) >= 11 is 0. The van der Waals surface area contributed by atoms with Gasteiger partial charge in [-0.2, -0.15) is 0 Å². The fourth-order valence-corrected chi connectivity index (χ4v) is 4.66. The van der Waals surface area contributed by atoms with Gasteiger partial charge in [-0.1, -0.05) is 12.1 Å². The monoisotopic (exact) mass is 413 g/mol. The molecular weight excluding hydrogens is 393 g/mol. The number of sulfonamides is 1. The highest BCUT2D eigenvalue weighted by Gasteiger charge is 2.25. The third-order valence-corrected chi connectivity index (χ3v) is 6.51. The largest absolute Gasteiger partial charge is 0.367 e. The summed E-state index contributed by atoms with van der Waals surface area (Å²) in [5.41, 5.74) is 0.920. The normalized spacial score (nSPS) is 15.8. The number of anilines is 2. The maximum absolute atomic E-state index is 14.0. The molecule has 1 heterocycles. The number of halogens is 1. The van der Waals surface area contributed by atoms with Gasteiger partial charge in [0.2, 0.25) is 10.0 Å². The zero-order chi connectivity index (χ0) is 19.8. The Kier molecular flexibility index (Phi) is 5.15. The fourth-order valence-electron chi connectivity index (χ4n) is 3.13. The molecule has 0 saturated carbocycles. The number of primary sulfonamides is 1. The Bertz CT molecular complexity index is 1060. The molecule has 1 saturated heterocycles. The molecule has 146 valence electrons. The number of hydrogen-bond donors (Lipinski definition) is 1. The summed E-state index contributed by atoms with van der Waals surface area (Å²) in [5, 5.41) is 5.12. The lowest BCUT2D eigenvalue weighted by Crippen LogP contribution is -2.47. The summed E-state index contributed by atoms with van der Waals surface area (Å²) in [7, 11) is -7.69. The van der Waals surface area contributed by atoms with Gasteiger partial charge in [0.1, 0.15) is 5.82 Å². The highest BCUT2D eigenvalue weighted by Crippen LogP contribution is 2.30. The molecule has 0 atom stereocenters. The first kappa shape index (κ1) is 19.6. The van der Waals surface area contributed by atoms with E-state index in [1.807, 2.05) is 9.80 Å². The van der Waals surface area contributed by atoms with Gasteiger partial charge in [-0.15, -0.1) is 0 Å². The lowest BCUT2D eigenvalue weighted by molar-refractivity contribution is 0.592. The molecule has 0 spiro atoms. The predicted molar refractivity (Wildman–Crippen MR) is 102 cm³/mol. The molecule has 27 heavy (non-hydrogen) atoms. The number of nitrogens with zero attached hydrogens (tertiary/aromatic N) is 2. The van der Waals surface area contributed by atoms with Crippen LogP contribution in [0.5, 0.6) is 0 Å². The van der Waals surface area contributed by atoms with Gasteiger partial charge in [0.25, 0.3) is 0 Å². The molecule has 1 aliphatic heterocycles. The quantitative estimate of drug-likeness (QED) is 0.808. The minimum absolute atomic E-state index is 0.0895. The summed E-state index contributed by atoms with van der Waals surface area (Å²) in [6, 6.07) is 10.3. The highest BCUT2D eigenvalue weighted by molar-refractivity contribution is 7.91. The lowest BCUT2D eigenvalue weighted by atomic mass is 10.2. The average molecular weight is 413 g/mol. The zero-order valence-electron chi connectivity index (χ0n) is 14.7. The van der Waals surface area contributed by atoms with E-state index < -0.39 is 19.9 Å². The molecule has 2 aromatic rings. The number of rotatable bonds is 4. The molecule has 2 aromatic carbocycles. The second kappa shape index (κ2) is 7.10. The average Bonchev–Trinajstić information content (AvgIpc) is 2.60. The maximum Gasteiger partial charge on any atom is 0.238 e. The number of para-hydroxylation sites is 1. The molecular formula is C17H20FN3O4S2. The van der Waals surface area contributed by atoms with Crippen molar-refractivity contribution in [3.63, 3.8) is 0 Å². The van der Waals surface area contributed by atoms with Crippen LogP contribution in [0.2, 0.25) is 0 Å². The van der Waals surface area contributed by atoms with Crippen molar-refractivity contribution >= 4 is 31.2 Å². The van der Waals surface area contributed by atoms with E-state index >= 15 is 0 Å². The smallest absolute Gasteiger partial charge is 0.238 e. The van der Waals surface area contributed by atoms with Crippen LogP contribution in [0.1, 0.15) is 0 Å². The van der Waals surface area contributed by atoms with Gasteiger partial charge >= 0.3 is 0 Å². The summed E-state index contributed by atoms with van der Waals surface area (Å²) in [6.07, 6.45) is 1.02. The summed E-state index contributed by atoms with van der Waals surface area (Å²) in [4.78, 5) is 3.40. The molecule has 1 aliphatic rings. The van der Waals surface area contributed by atoms with Crippen LogP contribution in [0.3, 0.4) is 0 Å². The number of benzene rings is 2. The summed E-state index contributed by atoms with van der Waals surface area (Å²) in [6.45, 7) is 1.93. The Morgan fingerprint density at radius 3 is 1.96 bits per heavy atom. The van der Waals surface area contributed by atoms with Crippen LogP contribution in [0, 0.1) is 5.82 Å². The standard InChI is InChI=1S/C17H20FN3O4S2/c1-26(22,23)17-12-13(27(19,24)25)6-7-16(17)21-10-8-20(9-11-21)15-5-3-2-4-14(15)18/h2-7,12H,8-11H2,1H3,(H2,19,24,25). The van der Waals surface area contributed by atoms with Crippen LogP contribution >= 0.6 is 0 Å². The van der Waals surface area contributed by atoms with Crippen LogP contribution in [0.25, 0.3) is 0 Å². The van der Waals surface area contributed by atoms with E-state index in [1.54, 1.807) is 18.2 Å². The molecule has 10 heteroatoms.